The summed E-state index contributed by atoms with van der Waals surface area (Å²) in [7, 11) is 0. The molecule has 0 aliphatic carbocycles. The van der Waals surface area contributed by atoms with Gasteiger partial charge >= 0.3 is 0 Å². The van der Waals surface area contributed by atoms with Crippen molar-refractivity contribution in [2.75, 3.05) is 12.5 Å². The normalized spacial score (nSPS) is 12.5. The molecule has 6 nitrogen and oxygen atoms in total. The van der Waals surface area contributed by atoms with Crippen molar-refractivity contribution in [3.05, 3.63) is 57.2 Å². The Morgan fingerprint density at radius 1 is 1.36 bits per heavy atom. The lowest BCUT2D eigenvalue weighted by Crippen LogP contribution is -2.23. The predicted molar refractivity (Wildman–Crippen MR) is 111 cm³/mol. The van der Waals surface area contributed by atoms with Crippen molar-refractivity contribution in [2.24, 2.45) is 0 Å². The second-order valence-electron chi connectivity index (χ2n) is 6.34. The summed E-state index contributed by atoms with van der Waals surface area (Å²) >= 11 is 2.76. The molecule has 0 saturated carbocycles. The number of benzene rings is 1. The maximum Gasteiger partial charge on any atom is 0.263 e. The van der Waals surface area contributed by atoms with Gasteiger partial charge in [-0.3, -0.25) is 14.2 Å². The molecule has 144 valence electrons. The Hall–Kier alpha value is -2.58. The van der Waals surface area contributed by atoms with E-state index in [-0.39, 0.29) is 23.9 Å². The third-order valence-corrected chi connectivity index (χ3v) is 6.67. The number of ketones is 1. The molecule has 0 bridgehead atoms. The Bertz CT molecular complexity index is 1160. The van der Waals surface area contributed by atoms with Gasteiger partial charge in [0.1, 0.15) is 4.83 Å². The maximum absolute atomic E-state index is 13.0. The van der Waals surface area contributed by atoms with Crippen LogP contribution in [0.25, 0.3) is 10.2 Å². The summed E-state index contributed by atoms with van der Waals surface area (Å²) in [5.41, 5.74) is 1.41. The fraction of sp³-hybridized carbons (Fsp3) is 0.250. The number of carbonyl (C=O) groups excluding carboxylic acids is 1. The van der Waals surface area contributed by atoms with Gasteiger partial charge in [0, 0.05) is 17.0 Å². The van der Waals surface area contributed by atoms with Gasteiger partial charge < -0.3 is 9.47 Å². The molecule has 8 heteroatoms. The molecule has 1 aliphatic heterocycles. The number of nitrogens with zero attached hydrogens (tertiary/aromatic N) is 2. The van der Waals surface area contributed by atoms with Crippen LogP contribution in [0.15, 0.2) is 40.8 Å². The second-order valence-corrected chi connectivity index (χ2v) is 8.49. The first-order chi connectivity index (χ1) is 13.5. The zero-order valence-corrected chi connectivity index (χ0v) is 17.1. The van der Waals surface area contributed by atoms with Gasteiger partial charge in [-0.2, -0.15) is 0 Å². The van der Waals surface area contributed by atoms with E-state index >= 15 is 0 Å². The number of ether oxygens (including phenoxy) is 2. The predicted octanol–water partition coefficient (Wildman–Crippen LogP) is 3.96. The van der Waals surface area contributed by atoms with Crippen LogP contribution in [0.3, 0.4) is 0 Å². The summed E-state index contributed by atoms with van der Waals surface area (Å²) in [4.78, 5) is 32.1. The Labute approximate surface area is 169 Å². The Balaban J connectivity index is 1.63. The first kappa shape index (κ1) is 18.8. The number of carbonyl (C=O) groups is 1. The summed E-state index contributed by atoms with van der Waals surface area (Å²) in [5, 5.41) is 1.17. The van der Waals surface area contributed by atoms with Crippen LogP contribution in [-0.2, 0) is 6.54 Å². The highest BCUT2D eigenvalue weighted by Crippen LogP contribution is 2.33. The minimum Gasteiger partial charge on any atom is -0.454 e. The number of rotatable bonds is 6. The van der Waals surface area contributed by atoms with Gasteiger partial charge in [0.15, 0.2) is 22.4 Å². The van der Waals surface area contributed by atoms with E-state index in [0.29, 0.717) is 39.0 Å². The fourth-order valence-electron chi connectivity index (χ4n) is 2.99. The van der Waals surface area contributed by atoms with Crippen LogP contribution >= 0.6 is 23.1 Å². The average Bonchev–Trinajstić information content (AvgIpc) is 3.26. The summed E-state index contributed by atoms with van der Waals surface area (Å²) in [5.74, 6) is 1.31. The van der Waals surface area contributed by atoms with E-state index < -0.39 is 0 Å². The van der Waals surface area contributed by atoms with Crippen LogP contribution in [-0.4, -0.2) is 27.9 Å². The number of thiophene rings is 1. The fourth-order valence-corrected chi connectivity index (χ4v) is 4.97. The van der Waals surface area contributed by atoms with Gasteiger partial charge in [0.2, 0.25) is 6.79 Å². The smallest absolute Gasteiger partial charge is 0.263 e. The number of aryl methyl sites for hydroxylation is 2. The molecule has 3 aromatic rings. The number of aromatic nitrogens is 2. The zero-order chi connectivity index (χ0) is 19.8. The van der Waals surface area contributed by atoms with Crippen molar-refractivity contribution in [3.8, 4) is 11.5 Å². The lowest BCUT2D eigenvalue weighted by Gasteiger charge is -2.10. The highest BCUT2D eigenvalue weighted by molar-refractivity contribution is 7.99. The molecule has 0 atom stereocenters. The molecular weight excluding hydrogens is 396 g/mol. The van der Waals surface area contributed by atoms with Gasteiger partial charge in [0.05, 0.1) is 11.1 Å². The average molecular weight is 415 g/mol. The molecule has 4 rings (SSSR count). The number of hydrogen-bond acceptors (Lipinski definition) is 7. The molecule has 2 aromatic heterocycles. The van der Waals surface area contributed by atoms with E-state index in [4.69, 9.17) is 9.47 Å². The van der Waals surface area contributed by atoms with E-state index in [2.05, 4.69) is 11.6 Å². The summed E-state index contributed by atoms with van der Waals surface area (Å²) in [6.07, 6.45) is 1.66. The van der Waals surface area contributed by atoms with E-state index in [1.165, 1.54) is 23.1 Å². The molecular formula is C20H18N2O4S2. The number of hydrogen-bond donors (Lipinski definition) is 0. The van der Waals surface area contributed by atoms with Gasteiger partial charge in [-0.15, -0.1) is 17.9 Å². The highest BCUT2D eigenvalue weighted by Gasteiger charge is 2.19. The molecule has 0 saturated heterocycles. The molecule has 28 heavy (non-hydrogen) atoms. The molecule has 0 fully saturated rings. The number of allylic oxidation sites excluding steroid dienone is 1. The third-order valence-electron chi connectivity index (χ3n) is 4.59. The minimum atomic E-state index is -0.0928. The molecule has 0 N–H and O–H groups in total. The Morgan fingerprint density at radius 2 is 2.14 bits per heavy atom. The standard InChI is InChI=1S/C20H18N2O4S2/c1-4-7-22-19(24)17-11(2)12(3)28-18(17)21-20(22)27-9-14(23)13-5-6-15-16(8-13)26-10-25-15/h4-6,8H,1,7,9-10H2,2-3H3. The number of thioether (sulfide) groups is 1. The van der Waals surface area contributed by atoms with E-state index in [9.17, 15) is 9.59 Å². The van der Waals surface area contributed by atoms with E-state index in [1.54, 1.807) is 28.8 Å². The lowest BCUT2D eigenvalue weighted by molar-refractivity contribution is 0.102. The Kier molecular flexibility index (Phi) is 4.99. The highest BCUT2D eigenvalue weighted by atomic mass is 32.2. The minimum absolute atomic E-state index is 0.0682. The van der Waals surface area contributed by atoms with Crippen molar-refractivity contribution in [3.63, 3.8) is 0 Å². The van der Waals surface area contributed by atoms with Crippen LogP contribution in [0, 0.1) is 13.8 Å². The van der Waals surface area contributed by atoms with Gasteiger partial charge in [-0.1, -0.05) is 17.8 Å². The molecule has 3 heterocycles. The number of fused-ring (bicyclic) bond motifs is 2. The number of Topliss-reactive ketones (excluding diaryl/α,β-unsaturated/α-hetero) is 1. The largest absolute Gasteiger partial charge is 0.454 e. The maximum atomic E-state index is 13.0. The van der Waals surface area contributed by atoms with Crippen molar-refractivity contribution in [1.29, 1.82) is 0 Å². The molecule has 1 aliphatic rings. The quantitative estimate of drug-likeness (QED) is 0.263. The van der Waals surface area contributed by atoms with Gasteiger partial charge in [-0.25, -0.2) is 4.98 Å². The molecule has 0 amide bonds. The molecule has 0 spiro atoms. The van der Waals surface area contributed by atoms with Gasteiger partial charge in [0.25, 0.3) is 5.56 Å². The SMILES string of the molecule is C=CCn1c(SCC(=O)c2ccc3c(c2)OCO3)nc2sc(C)c(C)c2c1=O. The van der Waals surface area contributed by atoms with E-state index in [0.717, 1.165) is 10.4 Å². The van der Waals surface area contributed by atoms with E-state index in [1.807, 2.05) is 13.8 Å². The van der Waals surface area contributed by atoms with Crippen LogP contribution in [0.4, 0.5) is 0 Å². The monoisotopic (exact) mass is 414 g/mol. The summed E-state index contributed by atoms with van der Waals surface area (Å²) < 4.78 is 12.2. The summed E-state index contributed by atoms with van der Waals surface area (Å²) in [6.45, 7) is 8.16. The topological polar surface area (TPSA) is 70.4 Å². The molecule has 0 unspecified atom stereocenters. The van der Waals surface area contributed by atoms with Crippen molar-refractivity contribution < 1.29 is 14.3 Å². The third kappa shape index (κ3) is 3.22. The van der Waals surface area contributed by atoms with Crippen LogP contribution < -0.4 is 15.0 Å². The second kappa shape index (κ2) is 7.44. The zero-order valence-electron chi connectivity index (χ0n) is 15.5. The van der Waals surface area contributed by atoms with Crippen molar-refractivity contribution in [2.45, 2.75) is 25.5 Å². The Morgan fingerprint density at radius 3 is 2.93 bits per heavy atom. The van der Waals surface area contributed by atoms with Crippen LogP contribution in [0.1, 0.15) is 20.8 Å². The lowest BCUT2D eigenvalue weighted by atomic mass is 10.1. The first-order valence-corrected chi connectivity index (χ1v) is 10.5. The molecule has 0 radical (unpaired) electrons. The molecule has 1 aromatic carbocycles. The van der Waals surface area contributed by atoms with Crippen LogP contribution in [0.2, 0.25) is 0 Å². The van der Waals surface area contributed by atoms with Gasteiger partial charge in [-0.05, 0) is 37.6 Å². The van der Waals surface area contributed by atoms with Crippen LogP contribution in [0.5, 0.6) is 11.5 Å². The first-order valence-electron chi connectivity index (χ1n) is 8.66. The van der Waals surface area contributed by atoms with Crippen molar-refractivity contribution in [1.82, 2.24) is 9.55 Å². The van der Waals surface area contributed by atoms with Crippen molar-refractivity contribution >= 4 is 39.1 Å². The summed E-state index contributed by atoms with van der Waals surface area (Å²) in [6, 6.07) is 5.13.